The summed E-state index contributed by atoms with van der Waals surface area (Å²) in [6.45, 7) is 5.18. The van der Waals surface area contributed by atoms with Crippen LogP contribution in [0.1, 0.15) is 12.5 Å². The first-order chi connectivity index (χ1) is 19.9. The number of nitrogens with zero attached hydrogens (tertiary/aromatic N) is 3. The van der Waals surface area contributed by atoms with Crippen molar-refractivity contribution < 1.29 is 59.0 Å². The summed E-state index contributed by atoms with van der Waals surface area (Å²) >= 11 is 0. The lowest BCUT2D eigenvalue weighted by molar-refractivity contribution is -0.870. The highest BCUT2D eigenvalue weighted by atomic mass is 16.5. The average Bonchev–Trinajstić information content (AvgIpc) is 3.65. The highest BCUT2D eigenvalue weighted by Crippen LogP contribution is 2.22. The van der Waals surface area contributed by atoms with Crippen molar-refractivity contribution in [2.75, 3.05) is 108 Å². The van der Waals surface area contributed by atoms with E-state index in [1.54, 1.807) is 0 Å². The van der Waals surface area contributed by atoms with Crippen LogP contribution in [0.25, 0.3) is 0 Å². The standard InChI is InChI=1S/C12H15NO2.C7H18NO2.C5H14NO.C3H8O3.C2H5NO2/c1-9-8-13(9)11(12(14)15)7-10-5-3-2-4-6-10;1-8(2,3)4-6-10-7-5-9;1-6(2,3)4-5-7;4-1-3(6)2-5;3-1-2(4)5/h2-6,9,11H,7-8H2,1H3,(H,14,15);9H,4-7H2,1-3H3;7H,4-5H2,1-3H3;3-6H,1-2H2;1,3H2,(H,4,5)/q;2*+1;;/p-2/t9?,11-,13?;;;;/m0..../s1. The molecule has 0 amide bonds. The number of carboxylic acids is 2. The highest BCUT2D eigenvalue weighted by molar-refractivity contribution is 5.72. The number of hydrogen-bond acceptors (Lipinski definition) is 12. The average molecular weight is 623 g/mol. The van der Waals surface area contributed by atoms with Gasteiger partial charge in [-0.25, -0.2) is 0 Å². The number of quaternary nitrogens is 2. The van der Waals surface area contributed by atoms with E-state index in [1.807, 2.05) is 42.2 Å². The molecule has 7 N–H and O–H groups in total. The van der Waals surface area contributed by atoms with Crippen LogP contribution in [0.3, 0.4) is 0 Å². The predicted octanol–water partition coefficient (Wildman–Crippen LogP) is -4.54. The molecule has 1 aliphatic heterocycles. The molecule has 1 aliphatic rings. The number of hydrogen-bond donors (Lipinski definition) is 6. The van der Waals surface area contributed by atoms with Gasteiger partial charge in [-0.05, 0) is 18.9 Å². The van der Waals surface area contributed by atoms with Gasteiger partial charge >= 0.3 is 0 Å². The van der Waals surface area contributed by atoms with Crippen molar-refractivity contribution in [3.8, 4) is 0 Å². The molecule has 1 aromatic carbocycles. The molecule has 0 radical (unpaired) electrons. The Morgan fingerprint density at radius 1 is 0.930 bits per heavy atom. The Hall–Kier alpha value is -2.24. The molecule has 3 atom stereocenters. The molecule has 14 nitrogen and oxygen atoms in total. The summed E-state index contributed by atoms with van der Waals surface area (Å²) in [6, 6.07) is 9.59. The normalized spacial score (nSPS) is 16.0. The molecule has 2 rings (SSSR count). The second-order valence-corrected chi connectivity index (χ2v) is 11.8. The first-order valence-electron chi connectivity index (χ1n) is 14.1. The zero-order valence-corrected chi connectivity index (χ0v) is 27.1. The maximum Gasteiger partial charge on any atom is 0.102 e. The number of aliphatic carboxylic acids is 2. The smallest absolute Gasteiger partial charge is 0.102 e. The number of ether oxygens (including phenoxy) is 1. The minimum Gasteiger partial charge on any atom is -0.549 e. The van der Waals surface area contributed by atoms with Gasteiger partial charge in [-0.15, -0.1) is 0 Å². The molecule has 0 aromatic heterocycles. The molecule has 0 bridgehead atoms. The molecule has 43 heavy (non-hydrogen) atoms. The lowest BCUT2D eigenvalue weighted by Crippen LogP contribution is -2.42. The quantitative estimate of drug-likeness (QED) is 0.0657. The van der Waals surface area contributed by atoms with Crippen molar-refractivity contribution in [2.45, 2.75) is 31.5 Å². The van der Waals surface area contributed by atoms with Crippen molar-refractivity contribution in [3.05, 3.63) is 35.9 Å². The van der Waals surface area contributed by atoms with Crippen LogP contribution in [0.15, 0.2) is 30.3 Å². The van der Waals surface area contributed by atoms with Crippen molar-refractivity contribution in [1.29, 1.82) is 0 Å². The van der Waals surface area contributed by atoms with Crippen LogP contribution < -0.4 is 15.9 Å². The Balaban J connectivity index is -0.000000500. The van der Waals surface area contributed by atoms with Gasteiger partial charge in [-0.2, -0.15) is 0 Å². The number of aliphatic hydroxyl groups is 5. The first kappa shape index (κ1) is 45.2. The number of benzene rings is 1. The minimum absolute atomic E-state index is 0.122. The van der Waals surface area contributed by atoms with Gasteiger partial charge in [0.25, 0.3) is 0 Å². The van der Waals surface area contributed by atoms with E-state index in [1.165, 1.54) is 0 Å². The largest absolute Gasteiger partial charge is 0.549 e. The number of carboxylic acid groups (broad SMARTS) is 2. The monoisotopic (exact) mass is 622 g/mol. The van der Waals surface area contributed by atoms with Crippen LogP contribution >= 0.6 is 0 Å². The molecule has 0 spiro atoms. The number of aliphatic hydroxyl groups excluding tert-OH is 5. The third-order valence-corrected chi connectivity index (χ3v) is 5.35. The molecular formula is C29H58N4O10. The Labute approximate surface area is 257 Å². The zero-order chi connectivity index (χ0) is 34.1. The third kappa shape index (κ3) is 34.1. The maximum atomic E-state index is 11.0. The molecule has 14 heteroatoms. The Bertz CT molecular complexity index is 801. The molecule has 1 saturated heterocycles. The number of carbonyl (C=O) groups excluding carboxylic acids is 2. The van der Waals surface area contributed by atoms with E-state index in [2.05, 4.69) is 48.0 Å². The summed E-state index contributed by atoms with van der Waals surface area (Å²) in [7, 11) is 12.5. The SMILES string of the molecule is CC1CN1[C@@H](Cc1ccccc1)C(=O)[O-].C[N+](C)(C)CCO.C[N+](C)(C)CCOCCO.NCC(=O)[O-].OCC(O)CO. The minimum atomic E-state index is -1.22. The van der Waals surface area contributed by atoms with Crippen LogP contribution in [0, 0.1) is 0 Å². The fourth-order valence-electron chi connectivity index (χ4n) is 2.73. The van der Waals surface area contributed by atoms with Crippen LogP contribution in [0.2, 0.25) is 0 Å². The van der Waals surface area contributed by atoms with Crippen LogP contribution in [0.5, 0.6) is 0 Å². The number of likely N-dealkylation sites (N-methyl/N-ethyl adjacent to an activating group) is 2. The zero-order valence-electron chi connectivity index (χ0n) is 27.1. The van der Waals surface area contributed by atoms with Crippen molar-refractivity contribution in [1.82, 2.24) is 4.90 Å². The van der Waals surface area contributed by atoms with Gasteiger partial charge < -0.3 is 64.8 Å². The van der Waals surface area contributed by atoms with Gasteiger partial charge in [0, 0.05) is 19.1 Å². The lowest BCUT2D eigenvalue weighted by atomic mass is 10.1. The molecule has 1 fully saturated rings. The van der Waals surface area contributed by atoms with Gasteiger partial charge in [0.1, 0.15) is 19.2 Å². The highest BCUT2D eigenvalue weighted by Gasteiger charge is 2.36. The van der Waals surface area contributed by atoms with Gasteiger partial charge in [0.05, 0.1) is 99.9 Å². The first-order valence-corrected chi connectivity index (χ1v) is 14.1. The maximum absolute atomic E-state index is 11.0. The molecular weight excluding hydrogens is 564 g/mol. The number of carbonyl (C=O) groups is 2. The second kappa shape index (κ2) is 26.2. The van der Waals surface area contributed by atoms with E-state index in [-0.39, 0.29) is 33.0 Å². The van der Waals surface area contributed by atoms with Crippen LogP contribution in [-0.2, 0) is 20.7 Å². The van der Waals surface area contributed by atoms with Gasteiger partial charge in [0.2, 0.25) is 0 Å². The van der Waals surface area contributed by atoms with E-state index in [0.29, 0.717) is 19.1 Å². The van der Waals surface area contributed by atoms with Gasteiger partial charge in [-0.3, -0.25) is 4.90 Å². The number of rotatable bonds is 14. The Kier molecular flexibility index (Phi) is 27.5. The summed E-state index contributed by atoms with van der Waals surface area (Å²) in [6.07, 6.45) is -0.418. The van der Waals surface area contributed by atoms with Crippen molar-refractivity contribution in [3.63, 3.8) is 0 Å². The van der Waals surface area contributed by atoms with E-state index < -0.39 is 24.1 Å². The summed E-state index contributed by atoms with van der Waals surface area (Å²) in [5, 5.41) is 60.9. The number of nitrogens with two attached hydrogens (primary N) is 1. The summed E-state index contributed by atoms with van der Waals surface area (Å²) in [5.41, 5.74) is 5.56. The molecule has 0 aliphatic carbocycles. The van der Waals surface area contributed by atoms with Crippen LogP contribution in [0.4, 0.5) is 0 Å². The molecule has 0 saturated carbocycles. The second-order valence-electron chi connectivity index (χ2n) is 11.8. The fraction of sp³-hybridized carbons (Fsp3) is 0.724. The van der Waals surface area contributed by atoms with Crippen molar-refractivity contribution in [2.24, 2.45) is 5.73 Å². The van der Waals surface area contributed by atoms with Gasteiger partial charge in [-0.1, -0.05) is 30.3 Å². The predicted molar refractivity (Wildman–Crippen MR) is 160 cm³/mol. The van der Waals surface area contributed by atoms with Crippen molar-refractivity contribution >= 4 is 11.9 Å². The molecule has 2 unspecified atom stereocenters. The summed E-state index contributed by atoms with van der Waals surface area (Å²) in [5.74, 6) is -2.19. The van der Waals surface area contributed by atoms with Crippen LogP contribution in [-0.4, -0.2) is 178 Å². The lowest BCUT2D eigenvalue weighted by Gasteiger charge is -2.23. The molecule has 1 heterocycles. The van der Waals surface area contributed by atoms with E-state index in [0.717, 1.165) is 40.8 Å². The fourth-order valence-corrected chi connectivity index (χ4v) is 2.73. The van der Waals surface area contributed by atoms with E-state index >= 15 is 0 Å². The van der Waals surface area contributed by atoms with E-state index in [9.17, 15) is 9.90 Å². The molecule has 254 valence electrons. The van der Waals surface area contributed by atoms with Gasteiger partial charge in [0.15, 0.2) is 0 Å². The third-order valence-electron chi connectivity index (χ3n) is 5.35. The Morgan fingerprint density at radius 3 is 1.65 bits per heavy atom. The summed E-state index contributed by atoms with van der Waals surface area (Å²) < 4.78 is 6.85. The molecule has 1 aromatic rings. The topological polar surface area (TPSA) is 220 Å². The van der Waals surface area contributed by atoms with E-state index in [4.69, 9.17) is 40.2 Å². The Morgan fingerprint density at radius 2 is 1.40 bits per heavy atom. The summed E-state index contributed by atoms with van der Waals surface area (Å²) in [4.78, 5) is 22.1.